The number of carbonyl (C=O) groups excluding carboxylic acids is 4. The van der Waals surface area contributed by atoms with Crippen molar-refractivity contribution in [3.8, 4) is 5.95 Å². The Bertz CT molecular complexity index is 1040. The van der Waals surface area contributed by atoms with Crippen LogP contribution >= 0.6 is 0 Å². The minimum atomic E-state index is -0.867. The second-order valence-corrected chi connectivity index (χ2v) is 9.01. The van der Waals surface area contributed by atoms with Crippen LogP contribution < -0.4 is 10.1 Å². The molecule has 1 N–H and O–H groups in total. The van der Waals surface area contributed by atoms with E-state index in [1.54, 1.807) is 29.4 Å². The lowest BCUT2D eigenvalue weighted by atomic mass is 10.0. The number of hydrogen-bond donors (Lipinski definition) is 1. The molecular weight excluding hydrogens is 440 g/mol. The molecule has 180 valence electrons. The molecule has 0 bridgehead atoms. The maximum atomic E-state index is 13.4. The standard InChI is InChI=1S/C24H28N4O6/c1-15(2)11-17(26-24(32)34-21-6-4-10-33-21)23(31)27-9-7-18-22(27)19(29)14-28(18)20(30)12-16-5-3-8-25-13-16/h3-6,8,10,13,15,17-18,22H,7,9,11-12,14H2,1-2H3,(H,26,32). The van der Waals surface area contributed by atoms with Gasteiger partial charge < -0.3 is 24.3 Å². The molecule has 0 aliphatic carbocycles. The number of aromatic nitrogens is 1. The van der Waals surface area contributed by atoms with E-state index in [2.05, 4.69) is 10.3 Å². The maximum absolute atomic E-state index is 13.4. The van der Waals surface area contributed by atoms with Crippen LogP contribution in [0.2, 0.25) is 0 Å². The van der Waals surface area contributed by atoms with Gasteiger partial charge in [0.25, 0.3) is 5.95 Å². The van der Waals surface area contributed by atoms with E-state index in [-0.39, 0.29) is 48.5 Å². The lowest BCUT2D eigenvalue weighted by molar-refractivity contribution is -0.138. The number of hydrogen-bond acceptors (Lipinski definition) is 7. The molecule has 10 heteroatoms. The van der Waals surface area contributed by atoms with Crippen molar-refractivity contribution in [1.82, 2.24) is 20.1 Å². The van der Waals surface area contributed by atoms with Crippen molar-refractivity contribution in [3.05, 3.63) is 48.5 Å². The lowest BCUT2D eigenvalue weighted by Crippen LogP contribution is -2.53. The summed E-state index contributed by atoms with van der Waals surface area (Å²) in [5.74, 6) is -0.567. The minimum Gasteiger partial charge on any atom is -0.434 e. The van der Waals surface area contributed by atoms with E-state index in [9.17, 15) is 19.2 Å². The van der Waals surface area contributed by atoms with Crippen LogP contribution in [0.3, 0.4) is 0 Å². The van der Waals surface area contributed by atoms with Gasteiger partial charge in [0.1, 0.15) is 12.1 Å². The number of nitrogens with zero attached hydrogens (tertiary/aromatic N) is 3. The van der Waals surface area contributed by atoms with E-state index in [4.69, 9.17) is 9.15 Å². The lowest BCUT2D eigenvalue weighted by Gasteiger charge is -2.28. The Morgan fingerprint density at radius 1 is 1.24 bits per heavy atom. The predicted octanol–water partition coefficient (Wildman–Crippen LogP) is 1.80. The number of Topliss-reactive ketones (excluding diaryl/α,β-unsaturated/α-hetero) is 1. The van der Waals surface area contributed by atoms with Crippen LogP contribution in [0.5, 0.6) is 5.95 Å². The predicted molar refractivity (Wildman–Crippen MR) is 120 cm³/mol. The van der Waals surface area contributed by atoms with Crippen molar-refractivity contribution < 1.29 is 28.3 Å². The number of furan rings is 1. The molecule has 2 aromatic rings. The van der Waals surface area contributed by atoms with Gasteiger partial charge >= 0.3 is 6.09 Å². The van der Waals surface area contributed by atoms with Crippen LogP contribution in [0.1, 0.15) is 32.3 Å². The second kappa shape index (κ2) is 10.1. The van der Waals surface area contributed by atoms with Crippen LogP contribution in [-0.4, -0.2) is 69.7 Å². The third-order valence-corrected chi connectivity index (χ3v) is 6.09. The van der Waals surface area contributed by atoms with Crippen LogP contribution in [0.4, 0.5) is 4.79 Å². The summed E-state index contributed by atoms with van der Waals surface area (Å²) >= 11 is 0. The van der Waals surface area contributed by atoms with E-state index in [1.165, 1.54) is 17.2 Å². The van der Waals surface area contributed by atoms with Crippen molar-refractivity contribution in [2.75, 3.05) is 13.1 Å². The molecule has 4 heterocycles. The molecule has 0 radical (unpaired) electrons. The van der Waals surface area contributed by atoms with E-state index in [1.807, 2.05) is 19.9 Å². The average molecular weight is 469 g/mol. The van der Waals surface area contributed by atoms with Gasteiger partial charge in [-0.3, -0.25) is 19.4 Å². The molecule has 3 atom stereocenters. The molecule has 2 fully saturated rings. The van der Waals surface area contributed by atoms with Crippen molar-refractivity contribution in [2.45, 2.75) is 51.2 Å². The molecule has 0 saturated carbocycles. The highest BCUT2D eigenvalue weighted by molar-refractivity contribution is 5.99. The summed E-state index contributed by atoms with van der Waals surface area (Å²) < 4.78 is 10.1. The fraction of sp³-hybridized carbons (Fsp3) is 0.458. The van der Waals surface area contributed by atoms with Gasteiger partial charge in [-0.1, -0.05) is 19.9 Å². The van der Waals surface area contributed by atoms with Crippen LogP contribution in [0, 0.1) is 5.92 Å². The molecule has 2 aliphatic rings. The van der Waals surface area contributed by atoms with Crippen molar-refractivity contribution in [2.24, 2.45) is 5.92 Å². The molecule has 10 nitrogen and oxygen atoms in total. The van der Waals surface area contributed by atoms with Gasteiger partial charge in [0.2, 0.25) is 11.8 Å². The van der Waals surface area contributed by atoms with Gasteiger partial charge in [-0.2, -0.15) is 0 Å². The van der Waals surface area contributed by atoms with E-state index < -0.39 is 18.2 Å². The molecule has 2 aliphatic heterocycles. The molecule has 2 saturated heterocycles. The number of pyridine rings is 1. The zero-order chi connectivity index (χ0) is 24.2. The highest BCUT2D eigenvalue weighted by Crippen LogP contribution is 2.31. The zero-order valence-electron chi connectivity index (χ0n) is 19.2. The Morgan fingerprint density at radius 3 is 2.74 bits per heavy atom. The van der Waals surface area contributed by atoms with Crippen molar-refractivity contribution in [3.63, 3.8) is 0 Å². The highest BCUT2D eigenvalue weighted by Gasteiger charge is 2.52. The normalized spacial score (nSPS) is 20.4. The quantitative estimate of drug-likeness (QED) is 0.657. The summed E-state index contributed by atoms with van der Waals surface area (Å²) in [4.78, 5) is 58.7. The first-order valence-corrected chi connectivity index (χ1v) is 11.4. The Balaban J connectivity index is 1.44. The zero-order valence-corrected chi connectivity index (χ0v) is 19.2. The topological polar surface area (TPSA) is 122 Å². The third-order valence-electron chi connectivity index (χ3n) is 6.09. The van der Waals surface area contributed by atoms with Gasteiger partial charge in [0.15, 0.2) is 5.78 Å². The summed E-state index contributed by atoms with van der Waals surface area (Å²) in [6.45, 7) is 4.18. The molecule has 3 unspecified atom stereocenters. The smallest absolute Gasteiger partial charge is 0.415 e. The molecule has 4 rings (SSSR count). The van der Waals surface area contributed by atoms with E-state index >= 15 is 0 Å². The summed E-state index contributed by atoms with van der Waals surface area (Å²) in [6.07, 6.45) is 4.85. The van der Waals surface area contributed by atoms with E-state index in [0.717, 1.165) is 5.56 Å². The Hall–Kier alpha value is -3.69. The summed E-state index contributed by atoms with van der Waals surface area (Å²) in [7, 11) is 0. The van der Waals surface area contributed by atoms with Crippen LogP contribution in [-0.2, 0) is 20.8 Å². The van der Waals surface area contributed by atoms with Crippen molar-refractivity contribution >= 4 is 23.7 Å². The number of likely N-dealkylation sites (tertiary alicyclic amines) is 2. The van der Waals surface area contributed by atoms with Gasteiger partial charge in [-0.05, 0) is 36.5 Å². The summed E-state index contributed by atoms with van der Waals surface area (Å²) in [5.41, 5.74) is 0.769. The molecule has 0 aromatic carbocycles. The number of nitrogens with one attached hydrogen (secondary N) is 1. The Kier molecular flexibility index (Phi) is 6.95. The number of rotatable bonds is 7. The minimum absolute atomic E-state index is 0.0169. The molecule has 2 aromatic heterocycles. The first kappa shape index (κ1) is 23.5. The Labute approximate surface area is 197 Å². The first-order valence-electron chi connectivity index (χ1n) is 11.4. The summed E-state index contributed by atoms with van der Waals surface area (Å²) in [5, 5.41) is 2.61. The number of ketones is 1. The number of fused-ring (bicyclic) bond motifs is 1. The van der Waals surface area contributed by atoms with Crippen LogP contribution in [0.15, 0.2) is 47.3 Å². The SMILES string of the molecule is CC(C)CC(NC(=O)Oc1ccco1)C(=O)N1CCC2C1C(=O)CN2C(=O)Cc1cccnc1. The van der Waals surface area contributed by atoms with Gasteiger partial charge in [-0.25, -0.2) is 4.79 Å². The maximum Gasteiger partial charge on any atom is 0.415 e. The number of carbonyl (C=O) groups is 4. The van der Waals surface area contributed by atoms with Gasteiger partial charge in [0, 0.05) is 25.0 Å². The van der Waals surface area contributed by atoms with Gasteiger partial charge in [-0.15, -0.1) is 0 Å². The first-order chi connectivity index (χ1) is 16.3. The third kappa shape index (κ3) is 5.11. The van der Waals surface area contributed by atoms with Crippen molar-refractivity contribution in [1.29, 1.82) is 0 Å². The largest absolute Gasteiger partial charge is 0.434 e. The fourth-order valence-corrected chi connectivity index (χ4v) is 4.65. The summed E-state index contributed by atoms with van der Waals surface area (Å²) in [6, 6.07) is 4.70. The van der Waals surface area contributed by atoms with Gasteiger partial charge in [0.05, 0.1) is 25.3 Å². The van der Waals surface area contributed by atoms with Crippen LogP contribution in [0.25, 0.3) is 0 Å². The average Bonchev–Trinajstić information content (AvgIpc) is 3.52. The molecule has 0 spiro atoms. The second-order valence-electron chi connectivity index (χ2n) is 9.01. The molecular formula is C24H28N4O6. The number of ether oxygens (including phenoxy) is 1. The molecule has 3 amide bonds. The number of amides is 3. The highest BCUT2D eigenvalue weighted by atomic mass is 16.6. The molecule has 34 heavy (non-hydrogen) atoms. The Morgan fingerprint density at radius 2 is 2.06 bits per heavy atom. The fourth-order valence-electron chi connectivity index (χ4n) is 4.65. The van der Waals surface area contributed by atoms with E-state index in [0.29, 0.717) is 19.4 Å². The monoisotopic (exact) mass is 468 g/mol.